The summed E-state index contributed by atoms with van der Waals surface area (Å²) in [5, 5.41) is 0.710. The highest BCUT2D eigenvalue weighted by Gasteiger charge is 2.28. The summed E-state index contributed by atoms with van der Waals surface area (Å²) >= 11 is 0. The molecule has 0 N–H and O–H groups in total. The summed E-state index contributed by atoms with van der Waals surface area (Å²) in [5.41, 5.74) is 1.35. The molecule has 4 rings (SSSR count). The molecule has 2 amide bonds. The van der Waals surface area contributed by atoms with Crippen LogP contribution in [0.3, 0.4) is 0 Å². The lowest BCUT2D eigenvalue weighted by Gasteiger charge is -2.34. The molecule has 0 bridgehead atoms. The van der Waals surface area contributed by atoms with Gasteiger partial charge in [0, 0.05) is 35.9 Å². The second-order valence-electron chi connectivity index (χ2n) is 6.78. The van der Waals surface area contributed by atoms with Gasteiger partial charge in [0.15, 0.2) is 10.7 Å². The Morgan fingerprint density at radius 2 is 1.79 bits per heavy atom. The number of carbonyl (C=O) groups is 2. The molecule has 1 aromatic heterocycles. The Hall–Kier alpha value is -3.20. The van der Waals surface area contributed by atoms with E-state index in [0.717, 1.165) is 5.52 Å². The van der Waals surface area contributed by atoms with Crippen molar-refractivity contribution in [3.05, 3.63) is 60.5 Å². The maximum Gasteiger partial charge on any atom is 0.246 e. The van der Waals surface area contributed by atoms with Gasteiger partial charge in [0.25, 0.3) is 0 Å². The van der Waals surface area contributed by atoms with Gasteiger partial charge in [-0.25, -0.2) is 12.8 Å². The van der Waals surface area contributed by atoms with Crippen LogP contribution in [-0.4, -0.2) is 49.3 Å². The van der Waals surface area contributed by atoms with Gasteiger partial charge in [-0.05, 0) is 48.5 Å². The molecule has 150 valence electrons. The maximum absolute atomic E-state index is 13.3. The van der Waals surface area contributed by atoms with Gasteiger partial charge in [-0.15, -0.1) is 0 Å². The van der Waals surface area contributed by atoms with Crippen LogP contribution in [0.15, 0.2) is 59.6 Å². The van der Waals surface area contributed by atoms with Crippen LogP contribution in [-0.2, 0) is 26.8 Å². The second-order valence-corrected chi connectivity index (χ2v) is 7.81. The number of nitrogens with zero attached hydrogens (tertiary/aromatic N) is 3. The second kappa shape index (κ2) is 7.67. The first-order valence-electron chi connectivity index (χ1n) is 8.99. The van der Waals surface area contributed by atoms with Gasteiger partial charge in [0.1, 0.15) is 18.9 Å². The van der Waals surface area contributed by atoms with E-state index in [1.807, 2.05) is 0 Å². The highest BCUT2D eigenvalue weighted by Crippen LogP contribution is 2.20. The average Bonchev–Trinajstić information content (AvgIpc) is 3.09. The molecule has 2 heterocycles. The van der Waals surface area contributed by atoms with Crippen molar-refractivity contribution in [2.45, 2.75) is 11.4 Å². The van der Waals surface area contributed by atoms with Gasteiger partial charge < -0.3 is 14.4 Å². The molecule has 1 saturated heterocycles. The molecule has 1 fully saturated rings. The van der Waals surface area contributed by atoms with Gasteiger partial charge in [-0.3, -0.25) is 9.59 Å². The van der Waals surface area contributed by atoms with Gasteiger partial charge in [0.05, 0.1) is 4.90 Å². The third-order valence-corrected chi connectivity index (χ3v) is 5.70. The Bertz CT molecular complexity index is 1160. The molecule has 0 unspecified atom stereocenters. The van der Waals surface area contributed by atoms with E-state index >= 15 is 0 Å². The van der Waals surface area contributed by atoms with Crippen molar-refractivity contribution < 1.29 is 22.4 Å². The lowest BCUT2D eigenvalue weighted by atomic mass is 10.2. The number of hydrogen-bond donors (Lipinski definition) is 1. The lowest BCUT2D eigenvalue weighted by molar-refractivity contribution is -0.137. The zero-order valence-corrected chi connectivity index (χ0v) is 16.2. The smallest absolute Gasteiger partial charge is 0.246 e. The number of aromatic nitrogens is 1. The number of piperazine rings is 1. The van der Waals surface area contributed by atoms with Crippen LogP contribution in [0.5, 0.6) is 0 Å². The molecular weight excluding hydrogens is 397 g/mol. The van der Waals surface area contributed by atoms with Crippen molar-refractivity contribution in [1.82, 2.24) is 9.47 Å². The molecule has 0 atom stereocenters. The quantitative estimate of drug-likeness (QED) is 0.657. The summed E-state index contributed by atoms with van der Waals surface area (Å²) in [4.78, 5) is 28.4. The summed E-state index contributed by atoms with van der Waals surface area (Å²) in [6.45, 7) is 0.707. The van der Waals surface area contributed by atoms with Crippen LogP contribution < -0.4 is 4.90 Å². The Morgan fingerprint density at radius 1 is 1.03 bits per heavy atom. The van der Waals surface area contributed by atoms with Crippen molar-refractivity contribution in [3.8, 4) is 0 Å². The molecule has 7 nitrogen and oxygen atoms in total. The SMILES string of the molecule is O=C(Cn1ccc2cc(F)ccc21)N1CCN(c2ccc([SH](=O)=O)cc2)C(=O)C1. The van der Waals surface area contributed by atoms with Crippen molar-refractivity contribution in [1.29, 1.82) is 0 Å². The predicted molar refractivity (Wildman–Crippen MR) is 106 cm³/mol. The van der Waals surface area contributed by atoms with E-state index < -0.39 is 10.7 Å². The molecule has 2 aromatic carbocycles. The Morgan fingerprint density at radius 3 is 2.48 bits per heavy atom. The number of amides is 2. The molecular formula is C20H18FN3O4S. The molecule has 0 radical (unpaired) electrons. The monoisotopic (exact) mass is 415 g/mol. The molecule has 1 aliphatic rings. The van der Waals surface area contributed by atoms with Gasteiger partial charge in [0.2, 0.25) is 11.8 Å². The maximum atomic E-state index is 13.3. The van der Waals surface area contributed by atoms with Crippen LogP contribution in [0.2, 0.25) is 0 Å². The van der Waals surface area contributed by atoms with E-state index in [1.54, 1.807) is 39.9 Å². The first-order valence-corrected chi connectivity index (χ1v) is 10.2. The largest absolute Gasteiger partial charge is 0.338 e. The summed E-state index contributed by atoms with van der Waals surface area (Å²) in [6.07, 6.45) is 1.72. The van der Waals surface area contributed by atoms with E-state index in [2.05, 4.69) is 0 Å². The van der Waals surface area contributed by atoms with Crippen LogP contribution in [0.25, 0.3) is 10.9 Å². The number of fused-ring (bicyclic) bond motifs is 1. The highest BCUT2D eigenvalue weighted by molar-refractivity contribution is 7.72. The third kappa shape index (κ3) is 3.86. The van der Waals surface area contributed by atoms with E-state index in [1.165, 1.54) is 29.2 Å². The van der Waals surface area contributed by atoms with E-state index in [-0.39, 0.29) is 35.6 Å². The van der Waals surface area contributed by atoms with Crippen molar-refractivity contribution in [3.63, 3.8) is 0 Å². The Balaban J connectivity index is 1.43. The standard InChI is InChI=1S/C20H18FN3O4S/c21-15-1-6-18-14(11-15)7-8-22(18)12-19(25)23-9-10-24(20(26)13-23)16-2-4-17(5-3-16)29(27)28/h1-8,11,29H,9-10,12-13H2. The van der Waals surface area contributed by atoms with Crippen molar-refractivity contribution in [2.24, 2.45) is 0 Å². The number of benzene rings is 2. The average molecular weight is 415 g/mol. The molecule has 0 aliphatic carbocycles. The highest BCUT2D eigenvalue weighted by atomic mass is 32.2. The van der Waals surface area contributed by atoms with Crippen LogP contribution in [0.4, 0.5) is 10.1 Å². The van der Waals surface area contributed by atoms with Crippen LogP contribution in [0.1, 0.15) is 0 Å². The van der Waals surface area contributed by atoms with Crippen molar-refractivity contribution >= 4 is 39.1 Å². The summed E-state index contributed by atoms with van der Waals surface area (Å²) in [6, 6.07) is 12.2. The number of halogens is 1. The summed E-state index contributed by atoms with van der Waals surface area (Å²) < 4.78 is 37.0. The van der Waals surface area contributed by atoms with Gasteiger partial charge >= 0.3 is 0 Å². The first-order chi connectivity index (χ1) is 13.9. The third-order valence-electron chi connectivity index (χ3n) is 4.98. The van der Waals surface area contributed by atoms with E-state index in [4.69, 9.17) is 0 Å². The zero-order chi connectivity index (χ0) is 20.5. The number of thiol groups is 1. The number of carbonyl (C=O) groups excluding carboxylic acids is 2. The number of rotatable bonds is 4. The zero-order valence-electron chi connectivity index (χ0n) is 15.3. The number of hydrogen-bond acceptors (Lipinski definition) is 4. The lowest BCUT2D eigenvalue weighted by Crippen LogP contribution is -2.53. The molecule has 1 aliphatic heterocycles. The number of anilines is 1. The van der Waals surface area contributed by atoms with E-state index in [0.29, 0.717) is 24.2 Å². The molecule has 0 spiro atoms. The normalized spacial score (nSPS) is 14.8. The first kappa shape index (κ1) is 19.1. The summed E-state index contributed by atoms with van der Waals surface area (Å²) in [7, 11) is -2.67. The topological polar surface area (TPSA) is 79.7 Å². The van der Waals surface area contributed by atoms with E-state index in [9.17, 15) is 22.4 Å². The predicted octanol–water partition coefficient (Wildman–Crippen LogP) is 1.63. The Kier molecular flexibility index (Phi) is 5.06. The van der Waals surface area contributed by atoms with Crippen LogP contribution >= 0.6 is 0 Å². The Labute approximate surface area is 167 Å². The molecule has 0 saturated carbocycles. The van der Waals surface area contributed by atoms with Crippen molar-refractivity contribution in [2.75, 3.05) is 24.5 Å². The van der Waals surface area contributed by atoms with Gasteiger partial charge in [-0.1, -0.05) is 0 Å². The molecule has 29 heavy (non-hydrogen) atoms. The minimum atomic E-state index is -2.67. The van der Waals surface area contributed by atoms with Gasteiger partial charge in [-0.2, -0.15) is 0 Å². The summed E-state index contributed by atoms with van der Waals surface area (Å²) in [5.74, 6) is -0.764. The fraction of sp³-hybridized carbons (Fsp3) is 0.200. The fourth-order valence-electron chi connectivity index (χ4n) is 3.47. The molecule has 9 heteroatoms. The fourth-order valence-corrected chi connectivity index (χ4v) is 3.86. The minimum absolute atomic E-state index is 0.0514. The van der Waals surface area contributed by atoms with Crippen LogP contribution in [0, 0.1) is 5.82 Å². The minimum Gasteiger partial charge on any atom is -0.338 e. The molecule has 3 aromatic rings.